The van der Waals surface area contributed by atoms with E-state index in [1.54, 1.807) is 0 Å². The molecule has 0 N–H and O–H groups in total. The molecule has 11 aromatic rings. The smallest absolute Gasteiger partial charge is 0.457 e. The molecule has 0 saturated carbocycles. The summed E-state index contributed by atoms with van der Waals surface area (Å²) in [5.41, 5.74) is 12.0. The van der Waals surface area contributed by atoms with Crippen LogP contribution in [0.3, 0.4) is 0 Å². The van der Waals surface area contributed by atoms with Gasteiger partial charge in [0.05, 0.1) is 29.2 Å². The van der Waals surface area contributed by atoms with E-state index in [2.05, 4.69) is 287 Å². The predicted octanol–water partition coefficient (Wildman–Crippen LogP) is 16.3. The molecule has 12 rings (SSSR count). The fourth-order valence-corrected chi connectivity index (χ4v) is 16.3. The molecule has 0 spiro atoms. The van der Waals surface area contributed by atoms with E-state index < -0.39 is 8.07 Å². The number of hydrogen-bond acceptors (Lipinski definition) is 2. The number of pyridine rings is 1. The first-order valence-electron chi connectivity index (χ1n) is 27.6. The highest BCUT2D eigenvalue weighted by Crippen LogP contribution is 2.46. The van der Waals surface area contributed by atoms with Crippen molar-refractivity contribution in [3.05, 3.63) is 259 Å². The molecule has 1 aliphatic heterocycles. The van der Waals surface area contributed by atoms with Crippen molar-refractivity contribution in [1.82, 2.24) is 18.7 Å². The van der Waals surface area contributed by atoms with Gasteiger partial charge in [-0.25, -0.2) is 9.83 Å². The number of hydrogen-bond donors (Lipinski definition) is 0. The van der Waals surface area contributed by atoms with E-state index in [1.165, 1.54) is 37.4 Å². The van der Waals surface area contributed by atoms with Crippen LogP contribution in [0.2, 0.25) is 0 Å². The summed E-state index contributed by atoms with van der Waals surface area (Å²) in [7, 11) is -2.85. The monoisotopic (exact) mass is 1060 g/mol. The maximum Gasteiger partial charge on any atom is 0.503 e. The molecule has 9 aromatic carbocycles. The fraction of sp³-hybridized carbons (Fsp3) is 0.164. The lowest BCUT2D eigenvalue weighted by Crippen LogP contribution is -2.74. The summed E-state index contributed by atoms with van der Waals surface area (Å²) in [5, 5.41) is 7.56. The second-order valence-electron chi connectivity index (χ2n) is 24.2. The third-order valence-corrected chi connectivity index (χ3v) is 20.6. The number of ether oxygens (including phenoxy) is 1. The average Bonchev–Trinajstić information content (AvgIpc) is 4.11. The second-order valence-corrected chi connectivity index (χ2v) is 28.0. The Balaban J connectivity index is 1.02. The van der Waals surface area contributed by atoms with Crippen molar-refractivity contribution in [2.75, 3.05) is 0 Å². The molecule has 390 valence electrons. The number of aromatic nitrogens is 2. The van der Waals surface area contributed by atoms with Crippen LogP contribution < -0.4 is 34.6 Å². The minimum Gasteiger partial charge on any atom is -0.457 e. The van der Waals surface area contributed by atoms with Gasteiger partial charge < -0.3 is 4.74 Å². The van der Waals surface area contributed by atoms with Crippen LogP contribution in [0.4, 0.5) is 28.4 Å². The first-order chi connectivity index (χ1) is 38.5. The van der Waals surface area contributed by atoms with E-state index >= 15 is 0 Å². The fourth-order valence-electron chi connectivity index (χ4n) is 11.6. The molecule has 2 aromatic heterocycles. The lowest BCUT2D eigenvalue weighted by Gasteiger charge is -2.34. The Morgan fingerprint density at radius 2 is 1.09 bits per heavy atom. The van der Waals surface area contributed by atoms with E-state index in [0.717, 1.165) is 61.5 Å². The minimum atomic E-state index is -2.85. The number of nitrogens with zero attached hydrogens (tertiary/aromatic N) is 5. The molecule has 0 unspecified atom stereocenters. The summed E-state index contributed by atoms with van der Waals surface area (Å²) in [4.78, 5) is 8.90. The number of benzene rings is 9. The molecular formula is C73H65N5OSi+2. The lowest BCUT2D eigenvalue weighted by atomic mass is 9.80. The van der Waals surface area contributed by atoms with Crippen LogP contribution in [0.15, 0.2) is 231 Å². The van der Waals surface area contributed by atoms with Gasteiger partial charge in [0.1, 0.15) is 17.3 Å². The summed E-state index contributed by atoms with van der Waals surface area (Å²) < 4.78 is 13.7. The van der Waals surface area contributed by atoms with Gasteiger partial charge in [-0.2, -0.15) is 0 Å². The molecule has 0 fully saturated rings. The molecule has 6 nitrogen and oxygen atoms in total. The maximum absolute atomic E-state index is 7.87. The topological polar surface area (TPSA) is 37.4 Å². The van der Waals surface area contributed by atoms with Crippen LogP contribution in [0.1, 0.15) is 79.0 Å². The highest BCUT2D eigenvalue weighted by molar-refractivity contribution is 7.20. The SMILES string of the molecule is [C-]#[N+]c1cccc(-c2cccc3c2[N+](c2cc(C(C)(C)C)cc(C(C)(C)C)c2)=C=[N+]3c2cccc(Oc3ccc4c5cc([Si](c6ccccc6)(c6ccccc6)c6ccccc6)ccc5n(-c5cc(C(C)(C)C)ccn5)c4c3)c2)c1. The molecule has 0 radical (unpaired) electrons. The van der Waals surface area contributed by atoms with E-state index in [-0.39, 0.29) is 16.2 Å². The van der Waals surface area contributed by atoms with Gasteiger partial charge in [0.25, 0.3) is 5.69 Å². The van der Waals surface area contributed by atoms with Crippen molar-refractivity contribution in [1.29, 1.82) is 0 Å². The molecule has 7 heteroatoms. The van der Waals surface area contributed by atoms with Gasteiger partial charge in [-0.1, -0.05) is 202 Å². The zero-order chi connectivity index (χ0) is 55.6. The zero-order valence-electron chi connectivity index (χ0n) is 47.1. The Morgan fingerprint density at radius 1 is 0.475 bits per heavy atom. The van der Waals surface area contributed by atoms with Gasteiger partial charge in [0, 0.05) is 47.3 Å². The summed E-state index contributed by atoms with van der Waals surface area (Å²) in [5.74, 6) is 2.25. The van der Waals surface area contributed by atoms with Gasteiger partial charge in [-0.05, 0) is 117 Å². The Morgan fingerprint density at radius 3 is 1.71 bits per heavy atom. The molecule has 0 aliphatic carbocycles. The summed E-state index contributed by atoms with van der Waals surface area (Å²) in [6.45, 7) is 28.3. The van der Waals surface area contributed by atoms with Gasteiger partial charge in [-0.15, -0.1) is 0 Å². The molecular weight excluding hydrogens is 991 g/mol. The van der Waals surface area contributed by atoms with Gasteiger partial charge in [-0.3, -0.25) is 4.57 Å². The molecule has 1 aliphatic rings. The predicted molar refractivity (Wildman–Crippen MR) is 337 cm³/mol. The molecule has 0 bridgehead atoms. The quantitative estimate of drug-likeness (QED) is 0.0592. The van der Waals surface area contributed by atoms with Crippen LogP contribution in [-0.4, -0.2) is 23.6 Å². The number of rotatable bonds is 10. The van der Waals surface area contributed by atoms with Crippen LogP contribution in [0.25, 0.3) is 43.6 Å². The largest absolute Gasteiger partial charge is 0.503 e. The van der Waals surface area contributed by atoms with Crippen LogP contribution >= 0.6 is 0 Å². The Kier molecular flexibility index (Phi) is 12.8. The van der Waals surface area contributed by atoms with Gasteiger partial charge in [0.2, 0.25) is 11.4 Å². The minimum absolute atomic E-state index is 0.0895. The van der Waals surface area contributed by atoms with Crippen LogP contribution in [0.5, 0.6) is 11.5 Å². The average molecular weight is 1060 g/mol. The lowest BCUT2D eigenvalue weighted by molar-refractivity contribution is 0.483. The molecule has 0 saturated heterocycles. The van der Waals surface area contributed by atoms with Crippen molar-refractivity contribution >= 4 is 85.1 Å². The van der Waals surface area contributed by atoms with E-state index in [1.807, 2.05) is 30.5 Å². The first-order valence-corrected chi connectivity index (χ1v) is 29.6. The van der Waals surface area contributed by atoms with Crippen molar-refractivity contribution < 1.29 is 4.74 Å². The zero-order valence-corrected chi connectivity index (χ0v) is 48.1. The first kappa shape index (κ1) is 51.6. The standard InChI is InChI=1S/C73H65N5OSi/c1-71(2,3)51-39-40-75-69(45-51)78-66-38-36-62(80(59-27-14-11-15-28-59,60-29-16-12-17-30-60)61-31-18-13-19-32-61)48-65(66)64-37-35-58(47-68(64)78)79-57-26-21-25-55(46-57)76-49-77(56-43-52(72(4,5)6)42-53(44-56)73(7,8)9)70-63(33-22-34-67(70)76)50-23-20-24-54(41-50)74-10/h11-48H,1-9H3/q+2. The van der Waals surface area contributed by atoms with E-state index in [4.69, 9.17) is 16.3 Å². The maximum atomic E-state index is 7.87. The Hall–Kier alpha value is -9.18. The highest BCUT2D eigenvalue weighted by Gasteiger charge is 2.43. The summed E-state index contributed by atoms with van der Waals surface area (Å²) in [6.07, 6.45) is 1.94. The second kappa shape index (κ2) is 19.9. The van der Waals surface area contributed by atoms with Gasteiger partial charge >= 0.3 is 11.7 Å². The highest BCUT2D eigenvalue weighted by atomic mass is 28.3. The Labute approximate surface area is 471 Å². The Bertz CT molecular complexity index is 4180. The van der Waals surface area contributed by atoms with Crippen LogP contribution in [0, 0.1) is 6.57 Å². The van der Waals surface area contributed by atoms with Crippen LogP contribution in [-0.2, 0) is 16.2 Å². The molecule has 0 atom stereocenters. The third kappa shape index (κ3) is 9.27. The van der Waals surface area contributed by atoms with Crippen molar-refractivity contribution in [3.63, 3.8) is 0 Å². The normalized spacial score (nSPS) is 12.8. The summed E-state index contributed by atoms with van der Waals surface area (Å²) >= 11 is 0. The number of para-hydroxylation sites is 1. The van der Waals surface area contributed by atoms with Crippen molar-refractivity contribution in [2.24, 2.45) is 0 Å². The van der Waals surface area contributed by atoms with Gasteiger partial charge in [0.15, 0.2) is 13.8 Å². The number of fused-ring (bicyclic) bond motifs is 4. The third-order valence-electron chi connectivity index (χ3n) is 15.8. The van der Waals surface area contributed by atoms with Crippen molar-refractivity contribution in [3.8, 4) is 28.4 Å². The summed E-state index contributed by atoms with van der Waals surface area (Å²) in [6, 6.07) is 84.7. The molecule has 3 heterocycles. The molecule has 0 amide bonds. The van der Waals surface area contributed by atoms with E-state index in [9.17, 15) is 0 Å². The molecule has 80 heavy (non-hydrogen) atoms. The van der Waals surface area contributed by atoms with Crippen molar-refractivity contribution in [2.45, 2.75) is 78.6 Å². The van der Waals surface area contributed by atoms with E-state index in [0.29, 0.717) is 17.2 Å².